The molecule has 144 valence electrons. The monoisotopic (exact) mass is 388 g/mol. The molecule has 1 aliphatic rings. The minimum Gasteiger partial charge on any atom is -0.356 e. The van der Waals surface area contributed by atoms with Gasteiger partial charge in [0.15, 0.2) is 5.96 Å². The van der Waals surface area contributed by atoms with Gasteiger partial charge in [-0.1, -0.05) is 0 Å². The lowest BCUT2D eigenvalue weighted by Crippen LogP contribution is -2.53. The number of nitrogens with zero attached hydrogens (tertiary/aromatic N) is 5. The Morgan fingerprint density at radius 3 is 2.52 bits per heavy atom. The second-order valence-electron chi connectivity index (χ2n) is 6.15. The fourth-order valence-corrected chi connectivity index (χ4v) is 3.75. The third kappa shape index (κ3) is 5.82. The summed E-state index contributed by atoms with van der Waals surface area (Å²) in [6.45, 7) is 4.41. The van der Waals surface area contributed by atoms with Crippen molar-refractivity contribution in [2.45, 2.75) is 11.3 Å². The molecule has 3 rings (SSSR count). The van der Waals surface area contributed by atoms with Crippen LogP contribution >= 0.6 is 11.8 Å². The summed E-state index contributed by atoms with van der Waals surface area (Å²) in [5.41, 5.74) is 0. The fraction of sp³-hybridized carbons (Fsp3) is 0.421. The van der Waals surface area contributed by atoms with Crippen LogP contribution in [0, 0.1) is 5.82 Å². The van der Waals surface area contributed by atoms with Crippen molar-refractivity contribution in [1.29, 1.82) is 0 Å². The number of aliphatic imine (C=N–C) groups is 1. The highest BCUT2D eigenvalue weighted by Crippen LogP contribution is 2.18. The van der Waals surface area contributed by atoms with Crippen molar-refractivity contribution >= 4 is 23.7 Å². The van der Waals surface area contributed by atoms with Gasteiger partial charge in [-0.2, -0.15) is 0 Å². The predicted octanol–water partition coefficient (Wildman–Crippen LogP) is 2.50. The second kappa shape index (κ2) is 10.1. The maximum Gasteiger partial charge on any atom is 0.225 e. The normalized spacial score (nSPS) is 15.1. The summed E-state index contributed by atoms with van der Waals surface area (Å²) in [6.07, 6.45) is 4.57. The van der Waals surface area contributed by atoms with Crippen molar-refractivity contribution in [3.8, 4) is 0 Å². The van der Waals surface area contributed by atoms with Gasteiger partial charge < -0.3 is 15.1 Å². The summed E-state index contributed by atoms with van der Waals surface area (Å²) < 4.78 is 12.9. The highest BCUT2D eigenvalue weighted by Gasteiger charge is 2.20. The summed E-state index contributed by atoms with van der Waals surface area (Å²) in [4.78, 5) is 18.6. The number of nitrogens with one attached hydrogen (secondary N) is 1. The van der Waals surface area contributed by atoms with Gasteiger partial charge in [0.05, 0.1) is 0 Å². The van der Waals surface area contributed by atoms with E-state index < -0.39 is 0 Å². The topological polar surface area (TPSA) is 56.7 Å². The van der Waals surface area contributed by atoms with Gasteiger partial charge in [-0.25, -0.2) is 14.4 Å². The number of anilines is 1. The van der Waals surface area contributed by atoms with Crippen LogP contribution in [0.5, 0.6) is 0 Å². The predicted molar refractivity (Wildman–Crippen MR) is 109 cm³/mol. The van der Waals surface area contributed by atoms with E-state index in [9.17, 15) is 4.39 Å². The maximum absolute atomic E-state index is 12.9. The average Bonchev–Trinajstić information content (AvgIpc) is 2.73. The van der Waals surface area contributed by atoms with Gasteiger partial charge >= 0.3 is 0 Å². The van der Waals surface area contributed by atoms with Crippen molar-refractivity contribution in [2.24, 2.45) is 4.99 Å². The van der Waals surface area contributed by atoms with E-state index >= 15 is 0 Å². The molecule has 2 heterocycles. The van der Waals surface area contributed by atoms with E-state index in [2.05, 4.69) is 30.1 Å². The number of piperazine rings is 1. The largest absolute Gasteiger partial charge is 0.356 e. The van der Waals surface area contributed by atoms with Crippen LogP contribution in [0.2, 0.25) is 0 Å². The van der Waals surface area contributed by atoms with Crippen LogP contribution in [0.15, 0.2) is 52.6 Å². The Hall–Kier alpha value is -2.35. The molecule has 0 amide bonds. The molecule has 0 bridgehead atoms. The number of halogens is 1. The van der Waals surface area contributed by atoms with Gasteiger partial charge in [0, 0.05) is 57.1 Å². The number of hydrogen-bond acceptors (Lipinski definition) is 5. The number of benzene rings is 1. The van der Waals surface area contributed by atoms with Crippen LogP contribution in [0.3, 0.4) is 0 Å². The molecule has 1 aromatic heterocycles. The van der Waals surface area contributed by atoms with Gasteiger partial charge in [0.1, 0.15) is 5.82 Å². The Morgan fingerprint density at radius 2 is 1.85 bits per heavy atom. The minimum atomic E-state index is -0.191. The van der Waals surface area contributed by atoms with Crippen molar-refractivity contribution in [1.82, 2.24) is 20.2 Å². The second-order valence-corrected chi connectivity index (χ2v) is 7.32. The molecule has 0 spiro atoms. The summed E-state index contributed by atoms with van der Waals surface area (Å²) in [5, 5.41) is 3.44. The van der Waals surface area contributed by atoms with Gasteiger partial charge in [-0.05, 0) is 42.5 Å². The Bertz CT molecular complexity index is 717. The summed E-state index contributed by atoms with van der Waals surface area (Å²) in [7, 11) is 1.82. The number of rotatable bonds is 6. The first-order valence-electron chi connectivity index (χ1n) is 9.12. The molecule has 1 fully saturated rings. The Morgan fingerprint density at radius 1 is 1.15 bits per heavy atom. The zero-order chi connectivity index (χ0) is 18.9. The smallest absolute Gasteiger partial charge is 0.225 e. The lowest BCUT2D eigenvalue weighted by Gasteiger charge is -2.36. The highest BCUT2D eigenvalue weighted by molar-refractivity contribution is 7.99. The number of hydrogen-bond donors (Lipinski definition) is 1. The van der Waals surface area contributed by atoms with E-state index in [-0.39, 0.29) is 5.82 Å². The van der Waals surface area contributed by atoms with Crippen LogP contribution in [-0.4, -0.2) is 66.4 Å². The standard InChI is InChI=1S/C19H25FN6S/c1-21-18(22-10-3-15-27-17-6-4-16(20)5-7-17)25-11-13-26(14-12-25)19-23-8-2-9-24-19/h2,4-9H,3,10-15H2,1H3,(H,21,22). The molecule has 0 saturated carbocycles. The zero-order valence-corrected chi connectivity index (χ0v) is 16.3. The Labute approximate surface area is 163 Å². The lowest BCUT2D eigenvalue weighted by molar-refractivity contribution is 0.370. The number of aromatic nitrogens is 2. The van der Waals surface area contributed by atoms with E-state index in [0.29, 0.717) is 0 Å². The van der Waals surface area contributed by atoms with Gasteiger partial charge in [-0.15, -0.1) is 11.8 Å². The maximum atomic E-state index is 12.9. The number of guanidine groups is 1. The van der Waals surface area contributed by atoms with Crippen LogP contribution < -0.4 is 10.2 Å². The first-order chi connectivity index (χ1) is 13.3. The lowest BCUT2D eigenvalue weighted by atomic mass is 10.3. The minimum absolute atomic E-state index is 0.191. The van der Waals surface area contributed by atoms with Gasteiger partial charge in [-0.3, -0.25) is 4.99 Å². The number of thioether (sulfide) groups is 1. The molecule has 0 unspecified atom stereocenters. The first-order valence-corrected chi connectivity index (χ1v) is 10.1. The SMILES string of the molecule is CN=C(NCCCSc1ccc(F)cc1)N1CCN(c2ncccn2)CC1. The van der Waals surface area contributed by atoms with Crippen molar-refractivity contribution in [3.05, 3.63) is 48.5 Å². The molecule has 6 nitrogen and oxygen atoms in total. The molecule has 1 N–H and O–H groups in total. The summed E-state index contributed by atoms with van der Waals surface area (Å²) in [5.74, 6) is 2.52. The Kier molecular flexibility index (Phi) is 7.27. The molecule has 8 heteroatoms. The quantitative estimate of drug-likeness (QED) is 0.355. The average molecular weight is 389 g/mol. The molecule has 0 radical (unpaired) electrons. The van der Waals surface area contributed by atoms with Crippen molar-refractivity contribution in [3.63, 3.8) is 0 Å². The first kappa shape index (κ1) is 19.4. The third-order valence-corrected chi connectivity index (χ3v) is 5.41. The molecule has 1 saturated heterocycles. The van der Waals surface area contributed by atoms with Crippen LogP contribution in [0.1, 0.15) is 6.42 Å². The molecular weight excluding hydrogens is 363 g/mol. The molecule has 2 aromatic rings. The fourth-order valence-electron chi connectivity index (χ4n) is 2.90. The molecule has 0 atom stereocenters. The van der Waals surface area contributed by atoms with E-state index in [4.69, 9.17) is 0 Å². The van der Waals surface area contributed by atoms with Crippen molar-refractivity contribution < 1.29 is 4.39 Å². The van der Waals surface area contributed by atoms with Crippen LogP contribution in [0.25, 0.3) is 0 Å². The van der Waals surface area contributed by atoms with E-state index in [0.717, 1.165) is 61.7 Å². The van der Waals surface area contributed by atoms with Crippen LogP contribution in [0.4, 0.5) is 10.3 Å². The Balaban J connectivity index is 1.36. The van der Waals surface area contributed by atoms with Crippen LogP contribution in [-0.2, 0) is 0 Å². The van der Waals surface area contributed by atoms with E-state index in [1.54, 1.807) is 24.2 Å². The summed E-state index contributed by atoms with van der Waals surface area (Å²) in [6, 6.07) is 8.48. The molecular formula is C19H25FN6S. The van der Waals surface area contributed by atoms with E-state index in [1.165, 1.54) is 12.1 Å². The molecule has 1 aromatic carbocycles. The molecule has 0 aliphatic carbocycles. The van der Waals surface area contributed by atoms with Gasteiger partial charge in [0.2, 0.25) is 5.95 Å². The van der Waals surface area contributed by atoms with Crippen molar-refractivity contribution in [2.75, 3.05) is 50.4 Å². The van der Waals surface area contributed by atoms with Gasteiger partial charge in [0.25, 0.3) is 0 Å². The molecule has 1 aliphatic heterocycles. The molecule has 27 heavy (non-hydrogen) atoms. The summed E-state index contributed by atoms with van der Waals surface area (Å²) >= 11 is 1.74. The van der Waals surface area contributed by atoms with E-state index in [1.807, 2.05) is 25.2 Å². The highest BCUT2D eigenvalue weighted by atomic mass is 32.2. The zero-order valence-electron chi connectivity index (χ0n) is 15.5. The third-order valence-electron chi connectivity index (χ3n) is 4.31.